The zero-order chi connectivity index (χ0) is 21.8. The number of fused-ring (bicyclic) bond motifs is 1. The third kappa shape index (κ3) is 4.51. The van der Waals surface area contributed by atoms with E-state index in [1.807, 2.05) is 48.5 Å². The monoisotopic (exact) mass is 454 g/mol. The molecule has 31 heavy (non-hydrogen) atoms. The van der Waals surface area contributed by atoms with E-state index in [1.165, 1.54) is 0 Å². The van der Waals surface area contributed by atoms with Gasteiger partial charge in [0.15, 0.2) is 0 Å². The van der Waals surface area contributed by atoms with Gasteiger partial charge in [0.2, 0.25) is 0 Å². The molecule has 0 aliphatic heterocycles. The summed E-state index contributed by atoms with van der Waals surface area (Å²) in [5, 5.41) is 9.54. The van der Waals surface area contributed by atoms with Crippen molar-refractivity contribution in [1.29, 1.82) is 0 Å². The smallest absolute Gasteiger partial charge is 0.327 e. The van der Waals surface area contributed by atoms with Crippen LogP contribution in [0.3, 0.4) is 0 Å². The molecule has 0 bridgehead atoms. The first-order valence-electron chi connectivity index (χ1n) is 9.64. The molecule has 0 unspecified atom stereocenters. The van der Waals surface area contributed by atoms with Crippen molar-refractivity contribution in [2.45, 2.75) is 0 Å². The summed E-state index contributed by atoms with van der Waals surface area (Å²) in [6.07, 6.45) is 0. The number of anilines is 2. The van der Waals surface area contributed by atoms with Crippen molar-refractivity contribution in [2.75, 3.05) is 30.5 Å². The average molecular weight is 455 g/mol. The molecule has 2 amide bonds. The molecule has 1 N–H and O–H groups in total. The van der Waals surface area contributed by atoms with Gasteiger partial charge < -0.3 is 10.1 Å². The summed E-state index contributed by atoms with van der Waals surface area (Å²) in [7, 11) is 1.60. The highest BCUT2D eigenvalue weighted by Gasteiger charge is 2.24. The number of nitrogens with zero attached hydrogens (tertiary/aromatic N) is 3. The van der Waals surface area contributed by atoms with Crippen molar-refractivity contribution in [3.63, 3.8) is 0 Å². The number of rotatable bonds is 6. The van der Waals surface area contributed by atoms with Crippen molar-refractivity contribution in [3.05, 3.63) is 82.8 Å². The largest absolute Gasteiger partial charge is 0.383 e. The molecule has 0 saturated heterocycles. The number of methoxy groups -OCH3 is 1. The Balaban J connectivity index is 1.83. The highest BCUT2D eigenvalue weighted by molar-refractivity contribution is 6.33. The molecule has 0 radical (unpaired) electrons. The molecule has 0 fully saturated rings. The molecule has 1 heterocycles. The number of carbonyl (C=O) groups excluding carboxylic acids is 1. The number of hydrogen-bond acceptors (Lipinski definition) is 3. The number of para-hydroxylation sites is 1. The average Bonchev–Trinajstić information content (AvgIpc) is 3.16. The lowest BCUT2D eigenvalue weighted by Crippen LogP contribution is -2.39. The van der Waals surface area contributed by atoms with Crippen LogP contribution in [-0.4, -0.2) is 36.1 Å². The molecular formula is C23H20Cl2N4O2. The molecule has 1 aromatic heterocycles. The second kappa shape index (κ2) is 9.39. The number of hydrogen-bond donors (Lipinski definition) is 1. The van der Waals surface area contributed by atoms with Gasteiger partial charge in [-0.05, 0) is 48.5 Å². The second-order valence-electron chi connectivity index (χ2n) is 6.78. The lowest BCUT2D eigenvalue weighted by Gasteiger charge is -2.24. The summed E-state index contributed by atoms with van der Waals surface area (Å²) < 4.78 is 7.01. The summed E-state index contributed by atoms with van der Waals surface area (Å²) >= 11 is 12.3. The van der Waals surface area contributed by atoms with Crippen LogP contribution in [0.5, 0.6) is 0 Å². The first-order valence-corrected chi connectivity index (χ1v) is 10.4. The Kier molecular flexibility index (Phi) is 6.42. The predicted molar refractivity (Wildman–Crippen MR) is 126 cm³/mol. The van der Waals surface area contributed by atoms with Gasteiger partial charge in [-0.25, -0.2) is 9.48 Å². The zero-order valence-corrected chi connectivity index (χ0v) is 18.3. The Morgan fingerprint density at radius 2 is 1.74 bits per heavy atom. The van der Waals surface area contributed by atoms with Gasteiger partial charge in [0.05, 0.1) is 35.1 Å². The van der Waals surface area contributed by atoms with Gasteiger partial charge in [-0.2, -0.15) is 5.10 Å². The van der Waals surface area contributed by atoms with Crippen molar-refractivity contribution >= 4 is 51.6 Å². The van der Waals surface area contributed by atoms with E-state index in [4.69, 9.17) is 33.0 Å². The van der Waals surface area contributed by atoms with Crippen LogP contribution in [-0.2, 0) is 4.74 Å². The van der Waals surface area contributed by atoms with Gasteiger partial charge in [0.1, 0.15) is 5.82 Å². The van der Waals surface area contributed by atoms with Crippen LogP contribution in [0, 0.1) is 0 Å². The maximum Gasteiger partial charge on any atom is 0.327 e. The predicted octanol–water partition coefficient (Wildman–Crippen LogP) is 6.02. The number of nitrogens with one attached hydrogen (secondary N) is 1. The molecule has 4 aromatic rings. The van der Waals surface area contributed by atoms with Gasteiger partial charge in [-0.1, -0.05) is 47.5 Å². The SMILES string of the molecule is COCCN(C(=O)Nc1ccccc1Cl)c1c2ccccc2nn1-c1ccc(Cl)cc1. The van der Waals surface area contributed by atoms with Crippen LogP contribution < -0.4 is 10.2 Å². The Labute approximate surface area is 189 Å². The molecule has 0 saturated carbocycles. The Bertz CT molecular complexity index is 1210. The highest BCUT2D eigenvalue weighted by atomic mass is 35.5. The van der Waals surface area contributed by atoms with E-state index in [0.29, 0.717) is 34.7 Å². The minimum atomic E-state index is -0.342. The topological polar surface area (TPSA) is 59.4 Å². The lowest BCUT2D eigenvalue weighted by molar-refractivity contribution is 0.203. The summed E-state index contributed by atoms with van der Waals surface area (Å²) in [4.78, 5) is 15.0. The summed E-state index contributed by atoms with van der Waals surface area (Å²) in [6, 6.07) is 21.7. The van der Waals surface area contributed by atoms with E-state index in [9.17, 15) is 4.79 Å². The normalized spacial score (nSPS) is 10.9. The quantitative estimate of drug-likeness (QED) is 0.387. The maximum atomic E-state index is 13.4. The van der Waals surface area contributed by atoms with Crippen molar-refractivity contribution in [1.82, 2.24) is 9.78 Å². The summed E-state index contributed by atoms with van der Waals surface area (Å²) in [5.74, 6) is 0.625. The number of urea groups is 1. The first-order chi connectivity index (χ1) is 15.1. The molecule has 3 aromatic carbocycles. The van der Waals surface area contributed by atoms with E-state index >= 15 is 0 Å². The number of aromatic nitrogens is 2. The van der Waals surface area contributed by atoms with Crippen LogP contribution in [0.4, 0.5) is 16.3 Å². The van der Waals surface area contributed by atoms with Gasteiger partial charge in [0, 0.05) is 17.5 Å². The number of ether oxygens (including phenoxy) is 1. The van der Waals surface area contributed by atoms with Crippen molar-refractivity contribution in [3.8, 4) is 5.69 Å². The van der Waals surface area contributed by atoms with E-state index < -0.39 is 0 Å². The lowest BCUT2D eigenvalue weighted by atomic mass is 10.2. The maximum absolute atomic E-state index is 13.4. The molecule has 6 nitrogen and oxygen atoms in total. The molecule has 4 rings (SSSR count). The van der Waals surface area contributed by atoms with E-state index in [1.54, 1.807) is 41.0 Å². The molecule has 0 aliphatic rings. The molecule has 0 aliphatic carbocycles. The minimum absolute atomic E-state index is 0.316. The fourth-order valence-electron chi connectivity index (χ4n) is 3.27. The van der Waals surface area contributed by atoms with Gasteiger partial charge in [0.25, 0.3) is 0 Å². The van der Waals surface area contributed by atoms with Crippen LogP contribution in [0.2, 0.25) is 10.0 Å². The molecule has 158 valence electrons. The van der Waals surface area contributed by atoms with Gasteiger partial charge >= 0.3 is 6.03 Å². The fraction of sp³-hybridized carbons (Fsp3) is 0.130. The van der Waals surface area contributed by atoms with E-state index in [2.05, 4.69) is 5.32 Å². The molecule has 0 atom stereocenters. The Hall–Kier alpha value is -3.06. The number of carbonyl (C=O) groups is 1. The van der Waals surface area contributed by atoms with Crippen molar-refractivity contribution < 1.29 is 9.53 Å². The molecular weight excluding hydrogens is 435 g/mol. The first kappa shape index (κ1) is 21.2. The molecule has 8 heteroatoms. The fourth-order valence-corrected chi connectivity index (χ4v) is 3.58. The van der Waals surface area contributed by atoms with Gasteiger partial charge in [-0.15, -0.1) is 0 Å². The standard InChI is InChI=1S/C23H20Cl2N4O2/c1-31-15-14-28(23(30)26-21-9-5-3-7-19(21)25)22-18-6-2-4-8-20(18)27-29(22)17-12-10-16(24)11-13-17/h2-13H,14-15H2,1H3,(H,26,30). The second-order valence-corrected chi connectivity index (χ2v) is 7.63. The summed E-state index contributed by atoms with van der Waals surface area (Å²) in [5.41, 5.74) is 2.07. The number of halogens is 2. The Morgan fingerprint density at radius 3 is 2.48 bits per heavy atom. The van der Waals surface area contributed by atoms with Crippen molar-refractivity contribution in [2.24, 2.45) is 0 Å². The molecule has 0 spiro atoms. The van der Waals surface area contributed by atoms with Crippen LogP contribution in [0.1, 0.15) is 0 Å². The number of benzene rings is 3. The third-order valence-electron chi connectivity index (χ3n) is 4.76. The minimum Gasteiger partial charge on any atom is -0.383 e. The van der Waals surface area contributed by atoms with Gasteiger partial charge in [-0.3, -0.25) is 4.90 Å². The zero-order valence-electron chi connectivity index (χ0n) is 16.8. The van der Waals surface area contributed by atoms with Crippen LogP contribution >= 0.6 is 23.2 Å². The highest BCUT2D eigenvalue weighted by Crippen LogP contribution is 2.31. The summed E-state index contributed by atoms with van der Waals surface area (Å²) in [6.45, 7) is 0.659. The number of amides is 2. The van der Waals surface area contributed by atoms with Crippen LogP contribution in [0.15, 0.2) is 72.8 Å². The van der Waals surface area contributed by atoms with E-state index in [-0.39, 0.29) is 6.03 Å². The third-order valence-corrected chi connectivity index (χ3v) is 5.34. The van der Waals surface area contributed by atoms with E-state index in [0.717, 1.165) is 16.6 Å². The Morgan fingerprint density at radius 1 is 1.03 bits per heavy atom. The van der Waals surface area contributed by atoms with Crippen LogP contribution in [0.25, 0.3) is 16.6 Å².